The Balaban J connectivity index is 2.07. The second-order valence-corrected chi connectivity index (χ2v) is 5.06. The van der Waals surface area contributed by atoms with Crippen LogP contribution >= 0.6 is 0 Å². The van der Waals surface area contributed by atoms with Crippen molar-refractivity contribution in [2.75, 3.05) is 12.2 Å². The van der Waals surface area contributed by atoms with E-state index in [0.717, 1.165) is 24.3 Å². The first kappa shape index (κ1) is 18.3. The van der Waals surface area contributed by atoms with E-state index < -0.39 is 36.4 Å². The highest BCUT2D eigenvalue weighted by Gasteiger charge is 2.20. The maximum absolute atomic E-state index is 13.6. The van der Waals surface area contributed by atoms with Crippen LogP contribution < -0.4 is 15.4 Å². The quantitative estimate of drug-likeness (QED) is 0.840. The van der Waals surface area contributed by atoms with Crippen LogP contribution in [0.5, 0.6) is 5.75 Å². The fourth-order valence-corrected chi connectivity index (χ4v) is 2.01. The van der Waals surface area contributed by atoms with Crippen LogP contribution in [-0.4, -0.2) is 24.7 Å². The van der Waals surface area contributed by atoms with Gasteiger partial charge in [0.1, 0.15) is 23.4 Å². The minimum Gasteiger partial charge on any atom is -0.461 e. The van der Waals surface area contributed by atoms with Gasteiger partial charge in [0.15, 0.2) is 0 Å². The molecule has 5 nitrogen and oxygen atoms in total. The second-order valence-electron chi connectivity index (χ2n) is 5.06. The Morgan fingerprint density at radius 2 is 1.88 bits per heavy atom. The number of hydrogen-bond acceptors (Lipinski definition) is 3. The molecule has 0 aliphatic carbocycles. The molecule has 0 radical (unpaired) electrons. The predicted molar refractivity (Wildman–Crippen MR) is 85.0 cm³/mol. The number of anilines is 1. The van der Waals surface area contributed by atoms with Crippen LogP contribution in [-0.2, 0) is 4.79 Å². The van der Waals surface area contributed by atoms with Gasteiger partial charge < -0.3 is 15.4 Å². The number of ether oxygens (including phenoxy) is 1. The van der Waals surface area contributed by atoms with Gasteiger partial charge in [0.2, 0.25) is 12.8 Å². The lowest BCUT2D eigenvalue weighted by atomic mass is 10.2. The van der Waals surface area contributed by atoms with Gasteiger partial charge in [0.05, 0.1) is 11.3 Å². The summed E-state index contributed by atoms with van der Waals surface area (Å²) in [6, 6.07) is 7.40. The third-order valence-corrected chi connectivity index (χ3v) is 3.27. The van der Waals surface area contributed by atoms with Crippen LogP contribution in [0.3, 0.4) is 0 Å². The smallest absolute Gasteiger partial charge is 0.254 e. The third-order valence-electron chi connectivity index (χ3n) is 3.27. The first-order valence-electron chi connectivity index (χ1n) is 7.27. The number of carbonyl (C=O) groups is 2. The first-order chi connectivity index (χ1) is 11.9. The number of hydrogen-bond donors (Lipinski definition) is 2. The summed E-state index contributed by atoms with van der Waals surface area (Å²) in [5.74, 6) is -2.94. The van der Waals surface area contributed by atoms with E-state index in [1.54, 1.807) is 0 Å². The SMILES string of the molecule is CC(NC(=O)c1ccccc1F)C(=O)Nc1cc(F)ccc1OCF. The topological polar surface area (TPSA) is 67.4 Å². The van der Waals surface area contributed by atoms with E-state index in [-0.39, 0.29) is 17.0 Å². The van der Waals surface area contributed by atoms with E-state index in [0.29, 0.717) is 0 Å². The van der Waals surface area contributed by atoms with Crippen molar-refractivity contribution < 1.29 is 27.5 Å². The van der Waals surface area contributed by atoms with E-state index in [1.807, 2.05) is 0 Å². The number of amides is 2. The summed E-state index contributed by atoms with van der Waals surface area (Å²) >= 11 is 0. The van der Waals surface area contributed by atoms with Crippen molar-refractivity contribution in [3.63, 3.8) is 0 Å². The molecular weight excluding hydrogens is 337 g/mol. The van der Waals surface area contributed by atoms with Crippen molar-refractivity contribution in [3.8, 4) is 5.75 Å². The van der Waals surface area contributed by atoms with Crippen molar-refractivity contribution in [2.24, 2.45) is 0 Å². The molecule has 1 atom stereocenters. The van der Waals surface area contributed by atoms with E-state index >= 15 is 0 Å². The molecule has 0 heterocycles. The fraction of sp³-hybridized carbons (Fsp3) is 0.176. The molecule has 2 aromatic rings. The molecule has 25 heavy (non-hydrogen) atoms. The highest BCUT2D eigenvalue weighted by atomic mass is 19.1. The van der Waals surface area contributed by atoms with Crippen molar-refractivity contribution in [2.45, 2.75) is 13.0 Å². The molecule has 2 rings (SSSR count). The highest BCUT2D eigenvalue weighted by Crippen LogP contribution is 2.25. The largest absolute Gasteiger partial charge is 0.461 e. The molecule has 0 bridgehead atoms. The zero-order valence-electron chi connectivity index (χ0n) is 13.2. The summed E-state index contributed by atoms with van der Waals surface area (Å²) in [6.45, 7) is 0.205. The second kappa shape index (κ2) is 8.18. The van der Waals surface area contributed by atoms with Gasteiger partial charge in [-0.25, -0.2) is 13.2 Å². The van der Waals surface area contributed by atoms with Crippen molar-refractivity contribution in [1.82, 2.24) is 5.32 Å². The average molecular weight is 352 g/mol. The van der Waals surface area contributed by atoms with Gasteiger partial charge in [-0.3, -0.25) is 9.59 Å². The molecule has 0 saturated carbocycles. The molecule has 1 unspecified atom stereocenters. The molecule has 8 heteroatoms. The van der Waals surface area contributed by atoms with Crippen molar-refractivity contribution in [1.29, 1.82) is 0 Å². The van der Waals surface area contributed by atoms with E-state index in [4.69, 9.17) is 0 Å². The number of alkyl halides is 1. The zero-order valence-corrected chi connectivity index (χ0v) is 13.2. The van der Waals surface area contributed by atoms with Crippen LogP contribution in [0.25, 0.3) is 0 Å². The fourth-order valence-electron chi connectivity index (χ4n) is 2.01. The minimum atomic E-state index is -1.16. The minimum absolute atomic E-state index is 0.0649. The Morgan fingerprint density at radius 3 is 2.56 bits per heavy atom. The van der Waals surface area contributed by atoms with Gasteiger partial charge in [-0.1, -0.05) is 12.1 Å². The molecule has 0 aliphatic rings. The number of rotatable bonds is 6. The Morgan fingerprint density at radius 1 is 1.16 bits per heavy atom. The van der Waals surface area contributed by atoms with E-state index in [9.17, 15) is 22.8 Å². The van der Waals surface area contributed by atoms with Crippen LogP contribution in [0.2, 0.25) is 0 Å². The molecule has 0 aliphatic heterocycles. The standard InChI is InChI=1S/C17H15F3N2O3/c1-10(21-17(24)12-4-2-3-5-13(12)20)16(23)22-14-8-11(19)6-7-15(14)25-9-18/h2-8,10H,9H2,1H3,(H,21,24)(H,22,23). The lowest BCUT2D eigenvalue weighted by Crippen LogP contribution is -2.41. The molecule has 2 N–H and O–H groups in total. The van der Waals surface area contributed by atoms with Crippen LogP contribution in [0.15, 0.2) is 42.5 Å². The maximum Gasteiger partial charge on any atom is 0.254 e. The summed E-state index contributed by atoms with van der Waals surface area (Å²) in [4.78, 5) is 24.1. The van der Waals surface area contributed by atoms with Crippen LogP contribution in [0.1, 0.15) is 17.3 Å². The zero-order chi connectivity index (χ0) is 18.4. The lowest BCUT2D eigenvalue weighted by Gasteiger charge is -2.16. The monoisotopic (exact) mass is 352 g/mol. The average Bonchev–Trinajstić information content (AvgIpc) is 2.57. The van der Waals surface area contributed by atoms with E-state index in [2.05, 4.69) is 15.4 Å². The number of halogens is 3. The summed E-state index contributed by atoms with van der Waals surface area (Å²) in [6.07, 6.45) is 0. The summed E-state index contributed by atoms with van der Waals surface area (Å²) in [5, 5.41) is 4.65. The van der Waals surface area contributed by atoms with Crippen molar-refractivity contribution in [3.05, 3.63) is 59.7 Å². The first-order valence-corrected chi connectivity index (χ1v) is 7.27. The normalized spacial score (nSPS) is 11.5. The Bertz CT molecular complexity index is 783. The van der Waals surface area contributed by atoms with Gasteiger partial charge in [-0.2, -0.15) is 0 Å². The summed E-state index contributed by atoms with van der Waals surface area (Å²) in [7, 11) is 0. The van der Waals surface area contributed by atoms with E-state index in [1.165, 1.54) is 25.1 Å². The Kier molecular flexibility index (Phi) is 5.99. The van der Waals surface area contributed by atoms with Gasteiger partial charge in [-0.05, 0) is 31.2 Å². The molecule has 0 spiro atoms. The van der Waals surface area contributed by atoms with Crippen molar-refractivity contribution >= 4 is 17.5 Å². The Labute approximate surface area is 141 Å². The number of carbonyl (C=O) groups excluding carboxylic acids is 2. The maximum atomic E-state index is 13.6. The van der Waals surface area contributed by atoms with Crippen LogP contribution in [0, 0.1) is 11.6 Å². The van der Waals surface area contributed by atoms with Gasteiger partial charge in [0.25, 0.3) is 5.91 Å². The molecular formula is C17H15F3N2O3. The molecule has 0 saturated heterocycles. The van der Waals surface area contributed by atoms with Gasteiger partial charge >= 0.3 is 0 Å². The molecule has 0 fully saturated rings. The van der Waals surface area contributed by atoms with Crippen LogP contribution in [0.4, 0.5) is 18.9 Å². The summed E-state index contributed by atoms with van der Waals surface area (Å²) < 4.78 is 43.9. The Hall–Kier alpha value is -3.03. The predicted octanol–water partition coefficient (Wildman–Crippen LogP) is 3.03. The summed E-state index contributed by atoms with van der Waals surface area (Å²) in [5.41, 5.74) is -0.302. The third kappa shape index (κ3) is 4.72. The molecule has 2 aromatic carbocycles. The number of nitrogens with one attached hydrogen (secondary N) is 2. The lowest BCUT2D eigenvalue weighted by molar-refractivity contribution is -0.117. The van der Waals surface area contributed by atoms with Gasteiger partial charge in [-0.15, -0.1) is 0 Å². The molecule has 2 amide bonds. The number of benzene rings is 2. The highest BCUT2D eigenvalue weighted by molar-refractivity contribution is 6.01. The molecule has 132 valence electrons. The van der Waals surface area contributed by atoms with Gasteiger partial charge in [0, 0.05) is 6.07 Å². The molecule has 0 aromatic heterocycles.